The zero-order valence-electron chi connectivity index (χ0n) is 12.5. The van der Waals surface area contributed by atoms with Crippen molar-refractivity contribution in [1.29, 1.82) is 0 Å². The van der Waals surface area contributed by atoms with E-state index >= 15 is 0 Å². The molecule has 2 aliphatic rings. The molecule has 4 nitrogen and oxygen atoms in total. The third-order valence-electron chi connectivity index (χ3n) is 5.20. The lowest BCUT2D eigenvalue weighted by Gasteiger charge is -2.35. The van der Waals surface area contributed by atoms with Gasteiger partial charge in [0.2, 0.25) is 0 Å². The number of carbonyl (C=O) groups excluding carboxylic acids is 1. The second kappa shape index (κ2) is 6.58. The molecule has 4 heteroatoms. The van der Waals surface area contributed by atoms with Crippen molar-refractivity contribution in [2.45, 2.75) is 44.3 Å². The van der Waals surface area contributed by atoms with E-state index in [-0.39, 0.29) is 6.04 Å². The van der Waals surface area contributed by atoms with Crippen molar-refractivity contribution in [1.82, 2.24) is 0 Å². The molecule has 2 N–H and O–H groups in total. The van der Waals surface area contributed by atoms with Gasteiger partial charge in [0.1, 0.15) is 12.6 Å². The Balaban J connectivity index is 1.52. The van der Waals surface area contributed by atoms with E-state index in [1.165, 1.54) is 10.5 Å². The molecule has 21 heavy (non-hydrogen) atoms. The van der Waals surface area contributed by atoms with E-state index in [4.69, 9.17) is 0 Å². The van der Waals surface area contributed by atoms with Crippen molar-refractivity contribution in [3.05, 3.63) is 35.9 Å². The van der Waals surface area contributed by atoms with Gasteiger partial charge in [-0.15, -0.1) is 0 Å². The molecule has 2 atom stereocenters. The van der Waals surface area contributed by atoms with Gasteiger partial charge in [-0.25, -0.2) is 0 Å². The van der Waals surface area contributed by atoms with Gasteiger partial charge in [-0.05, 0) is 0 Å². The Kier molecular flexibility index (Phi) is 4.56. The minimum atomic E-state index is -0.846. The maximum atomic E-state index is 11.2. The predicted molar refractivity (Wildman–Crippen MR) is 77.7 cm³/mol. The van der Waals surface area contributed by atoms with E-state index in [0.29, 0.717) is 6.04 Å². The molecule has 0 bridgehead atoms. The Morgan fingerprint density at radius 3 is 2.48 bits per heavy atom. The quantitative estimate of drug-likeness (QED) is 0.676. The number of carbonyl (C=O) groups is 1. The lowest BCUT2D eigenvalue weighted by Crippen LogP contribution is -3.22. The molecular weight excluding hydrogens is 264 g/mol. The maximum Gasteiger partial charge on any atom is 0.128 e. The first-order valence-electron chi connectivity index (χ1n) is 8.18. The molecule has 2 aliphatic heterocycles. The summed E-state index contributed by atoms with van der Waals surface area (Å²) in [4.78, 5) is 14.1. The van der Waals surface area contributed by atoms with Crippen molar-refractivity contribution in [2.75, 3.05) is 19.6 Å². The molecule has 1 unspecified atom stereocenters. The van der Waals surface area contributed by atoms with Crippen LogP contribution in [0.25, 0.3) is 0 Å². The fraction of sp³-hybridized carbons (Fsp3) is 0.588. The summed E-state index contributed by atoms with van der Waals surface area (Å²) in [7, 11) is 0. The first kappa shape index (κ1) is 14.5. The highest BCUT2D eigenvalue weighted by Crippen LogP contribution is 2.05. The van der Waals surface area contributed by atoms with Crippen LogP contribution in [0.1, 0.15) is 31.2 Å². The fourth-order valence-corrected chi connectivity index (χ4v) is 4.09. The van der Waals surface area contributed by atoms with Crippen molar-refractivity contribution in [3.8, 4) is 0 Å². The van der Waals surface area contributed by atoms with Gasteiger partial charge in [-0.3, -0.25) is 0 Å². The topological polar surface area (TPSA) is 49.0 Å². The molecule has 2 fully saturated rings. The third-order valence-corrected chi connectivity index (χ3v) is 5.20. The van der Waals surface area contributed by atoms with Gasteiger partial charge < -0.3 is 19.7 Å². The summed E-state index contributed by atoms with van der Waals surface area (Å²) < 4.78 is 0. The standard InChI is InChI=1S/C17H24N2O2/c20-17(21)16-7-4-10-19(16)15-8-11-18(12-9-15)13-14-5-2-1-3-6-14/h1-3,5-6,15-16H,4,7-13H2,(H,20,21)/p+1/t16-/m1/s1. The van der Waals surface area contributed by atoms with Gasteiger partial charge in [0.15, 0.2) is 0 Å². The molecule has 1 aromatic carbocycles. The number of hydrogen-bond donors (Lipinski definition) is 2. The van der Waals surface area contributed by atoms with Crippen LogP contribution in [0, 0.1) is 0 Å². The van der Waals surface area contributed by atoms with E-state index in [2.05, 4.69) is 30.3 Å². The zero-order valence-corrected chi connectivity index (χ0v) is 12.5. The van der Waals surface area contributed by atoms with Crippen LogP contribution in [0.5, 0.6) is 0 Å². The van der Waals surface area contributed by atoms with Crippen molar-refractivity contribution in [2.24, 2.45) is 0 Å². The molecule has 2 heterocycles. The molecular formula is C17H25N2O2+. The van der Waals surface area contributed by atoms with Gasteiger partial charge in [0, 0.05) is 31.2 Å². The second-order valence-electron chi connectivity index (χ2n) is 6.53. The Bertz CT molecular complexity index is 469. The van der Waals surface area contributed by atoms with Crippen LogP contribution in [0.15, 0.2) is 30.3 Å². The van der Waals surface area contributed by atoms with Gasteiger partial charge in [0.25, 0.3) is 0 Å². The molecule has 0 radical (unpaired) electrons. The number of piperidine rings is 1. The van der Waals surface area contributed by atoms with Crippen molar-refractivity contribution >= 4 is 5.97 Å². The Hall–Kier alpha value is -1.39. The van der Waals surface area contributed by atoms with Crippen LogP contribution in [0.2, 0.25) is 0 Å². The largest absolute Gasteiger partial charge is 0.544 e. The predicted octanol–water partition coefficient (Wildman–Crippen LogP) is -1.97. The highest BCUT2D eigenvalue weighted by Gasteiger charge is 2.38. The van der Waals surface area contributed by atoms with Gasteiger partial charge >= 0.3 is 0 Å². The zero-order chi connectivity index (χ0) is 14.7. The Labute approximate surface area is 126 Å². The molecule has 1 aromatic rings. The molecule has 0 aliphatic carbocycles. The van der Waals surface area contributed by atoms with E-state index in [1.54, 1.807) is 4.90 Å². The minimum Gasteiger partial charge on any atom is -0.544 e. The van der Waals surface area contributed by atoms with Crippen LogP contribution in [-0.4, -0.2) is 37.7 Å². The SMILES string of the molecule is O=C([O-])[C@H]1CCC[NH+]1C1CC[NH+](Cc2ccccc2)CC1. The average molecular weight is 289 g/mol. The van der Waals surface area contributed by atoms with Crippen LogP contribution in [0.3, 0.4) is 0 Å². The van der Waals surface area contributed by atoms with E-state index in [0.717, 1.165) is 51.9 Å². The van der Waals surface area contributed by atoms with Gasteiger partial charge in [0.05, 0.1) is 31.6 Å². The summed E-state index contributed by atoms with van der Waals surface area (Å²) in [5.74, 6) is -0.846. The number of carboxylic acid groups (broad SMARTS) is 1. The molecule has 114 valence electrons. The highest BCUT2D eigenvalue weighted by atomic mass is 16.4. The third kappa shape index (κ3) is 3.44. The summed E-state index contributed by atoms with van der Waals surface area (Å²) in [5, 5.41) is 11.2. The van der Waals surface area contributed by atoms with Crippen LogP contribution in [0.4, 0.5) is 0 Å². The number of carboxylic acids is 1. The number of benzene rings is 1. The molecule has 0 saturated carbocycles. The summed E-state index contributed by atoms with van der Waals surface area (Å²) >= 11 is 0. The molecule has 0 spiro atoms. The van der Waals surface area contributed by atoms with Crippen LogP contribution >= 0.6 is 0 Å². The second-order valence-corrected chi connectivity index (χ2v) is 6.53. The first-order valence-corrected chi connectivity index (χ1v) is 8.18. The Morgan fingerprint density at radius 2 is 1.81 bits per heavy atom. The first-order chi connectivity index (χ1) is 10.2. The summed E-state index contributed by atoms with van der Waals surface area (Å²) in [6.07, 6.45) is 4.11. The van der Waals surface area contributed by atoms with E-state index < -0.39 is 5.97 Å². The Morgan fingerprint density at radius 1 is 1.10 bits per heavy atom. The fourth-order valence-electron chi connectivity index (χ4n) is 4.09. The number of aliphatic carboxylic acids is 1. The molecule has 2 saturated heterocycles. The number of nitrogens with one attached hydrogen (secondary N) is 2. The van der Waals surface area contributed by atoms with E-state index in [1.807, 2.05) is 0 Å². The average Bonchev–Trinajstić information content (AvgIpc) is 2.99. The number of hydrogen-bond acceptors (Lipinski definition) is 2. The molecule has 0 aromatic heterocycles. The molecule has 3 rings (SSSR count). The van der Waals surface area contributed by atoms with Crippen LogP contribution < -0.4 is 14.9 Å². The van der Waals surface area contributed by atoms with E-state index in [9.17, 15) is 9.90 Å². The summed E-state index contributed by atoms with van der Waals surface area (Å²) in [6.45, 7) is 4.41. The smallest absolute Gasteiger partial charge is 0.128 e. The monoisotopic (exact) mass is 289 g/mol. The number of likely N-dealkylation sites (tertiary alicyclic amines) is 2. The lowest BCUT2D eigenvalue weighted by atomic mass is 10.0. The number of quaternary nitrogens is 2. The van der Waals surface area contributed by atoms with Gasteiger partial charge in [-0.1, -0.05) is 30.3 Å². The van der Waals surface area contributed by atoms with Crippen molar-refractivity contribution in [3.63, 3.8) is 0 Å². The van der Waals surface area contributed by atoms with Crippen LogP contribution in [-0.2, 0) is 11.3 Å². The number of rotatable bonds is 4. The summed E-state index contributed by atoms with van der Waals surface area (Å²) in [6, 6.07) is 10.9. The molecule has 0 amide bonds. The van der Waals surface area contributed by atoms with Gasteiger partial charge in [-0.2, -0.15) is 0 Å². The lowest BCUT2D eigenvalue weighted by molar-refractivity contribution is -0.966. The highest BCUT2D eigenvalue weighted by molar-refractivity contribution is 5.69. The normalized spacial score (nSPS) is 33.0. The van der Waals surface area contributed by atoms with Crippen molar-refractivity contribution < 1.29 is 19.7 Å². The summed E-state index contributed by atoms with van der Waals surface area (Å²) in [5.41, 5.74) is 1.40. The minimum absolute atomic E-state index is 0.259. The maximum absolute atomic E-state index is 11.2.